The van der Waals surface area contributed by atoms with Gasteiger partial charge in [0.1, 0.15) is 5.78 Å². The lowest BCUT2D eigenvalue weighted by molar-refractivity contribution is -0.119. The van der Waals surface area contributed by atoms with E-state index in [-0.39, 0.29) is 11.8 Å². The predicted octanol–water partition coefficient (Wildman–Crippen LogP) is 4.32. The Morgan fingerprint density at radius 2 is 1.64 bits per heavy atom. The Balaban J connectivity index is 0.000000309. The Hall–Kier alpha value is -1.64. The zero-order chi connectivity index (χ0) is 15.9. The first-order chi connectivity index (χ1) is 10.6. The van der Waals surface area contributed by atoms with Crippen LogP contribution in [-0.2, 0) is 16.0 Å². The minimum Gasteiger partial charge on any atom is -0.299 e. The van der Waals surface area contributed by atoms with Crippen molar-refractivity contribution in [1.29, 1.82) is 0 Å². The number of carbonyl (C=O) groups is 2. The van der Waals surface area contributed by atoms with Gasteiger partial charge in [-0.3, -0.25) is 9.59 Å². The number of rotatable bonds is 2. The quantitative estimate of drug-likeness (QED) is 0.605. The lowest BCUT2D eigenvalue weighted by atomic mass is 9.78. The number of alkyl halides is 1. The van der Waals surface area contributed by atoms with Gasteiger partial charge in [0, 0.05) is 18.8 Å². The van der Waals surface area contributed by atoms with Gasteiger partial charge in [-0.2, -0.15) is 0 Å². The highest BCUT2D eigenvalue weighted by Crippen LogP contribution is 2.34. The Morgan fingerprint density at radius 1 is 1.05 bits per heavy atom. The molecule has 22 heavy (non-hydrogen) atoms. The van der Waals surface area contributed by atoms with Gasteiger partial charge in [-0.25, -0.2) is 0 Å². The molecule has 1 atom stereocenters. The van der Waals surface area contributed by atoms with Crippen LogP contribution in [0.5, 0.6) is 0 Å². The topological polar surface area (TPSA) is 34.1 Å². The number of carbonyl (C=O) groups excluding carboxylic acids is 2. The lowest BCUT2D eigenvalue weighted by Crippen LogP contribution is -2.18. The van der Waals surface area contributed by atoms with Gasteiger partial charge in [-0.05, 0) is 28.3 Å². The highest BCUT2D eigenvalue weighted by Gasteiger charge is 2.25. The summed E-state index contributed by atoms with van der Waals surface area (Å²) in [5.41, 5.74) is 3.75. The Kier molecular flexibility index (Phi) is 6.17. The third-order valence-corrected chi connectivity index (χ3v) is 4.07. The average molecular weight is 335 g/mol. The summed E-state index contributed by atoms with van der Waals surface area (Å²) in [6.45, 7) is 0. The van der Waals surface area contributed by atoms with Crippen molar-refractivity contribution in [3.8, 4) is 0 Å². The van der Waals surface area contributed by atoms with E-state index < -0.39 is 5.24 Å². The van der Waals surface area contributed by atoms with Crippen molar-refractivity contribution in [2.45, 2.75) is 18.8 Å². The van der Waals surface area contributed by atoms with Crippen molar-refractivity contribution in [2.75, 3.05) is 5.88 Å². The molecular formula is C18H16Cl2O2. The van der Waals surface area contributed by atoms with Gasteiger partial charge in [-0.1, -0.05) is 54.6 Å². The summed E-state index contributed by atoms with van der Waals surface area (Å²) in [6.07, 6.45) is 1.24. The van der Waals surface area contributed by atoms with Crippen LogP contribution in [0.15, 0.2) is 54.6 Å². The van der Waals surface area contributed by atoms with Crippen LogP contribution in [0.25, 0.3) is 0 Å². The predicted molar refractivity (Wildman–Crippen MR) is 89.6 cm³/mol. The Bertz CT molecular complexity index is 653. The summed E-state index contributed by atoms with van der Waals surface area (Å²) in [7, 11) is 0. The number of ketones is 1. The Morgan fingerprint density at radius 3 is 2.27 bits per heavy atom. The minimum atomic E-state index is -0.508. The molecule has 2 aromatic carbocycles. The Labute approximate surface area is 140 Å². The number of halogens is 2. The zero-order valence-corrected chi connectivity index (χ0v) is 13.5. The number of hydrogen-bond donors (Lipinski definition) is 0. The standard InChI is InChI=1S/C16H14O.C2H2Cl2O/c17-14-10-13-8-4-5-9-15(13)16(11-14)12-6-2-1-3-7-12;3-1-2(4)5/h1-9,16H,10-11H2;1H2. The largest absolute Gasteiger partial charge is 0.299 e. The van der Waals surface area contributed by atoms with Crippen LogP contribution >= 0.6 is 23.2 Å². The molecule has 0 fully saturated rings. The van der Waals surface area contributed by atoms with Crippen molar-refractivity contribution in [3.63, 3.8) is 0 Å². The fraction of sp³-hybridized carbons (Fsp3) is 0.222. The van der Waals surface area contributed by atoms with E-state index in [1.54, 1.807) is 0 Å². The summed E-state index contributed by atoms with van der Waals surface area (Å²) < 4.78 is 0. The first kappa shape index (κ1) is 16.7. The number of hydrogen-bond acceptors (Lipinski definition) is 2. The van der Waals surface area contributed by atoms with E-state index >= 15 is 0 Å². The van der Waals surface area contributed by atoms with E-state index in [1.165, 1.54) is 16.7 Å². The second kappa shape index (κ2) is 8.11. The van der Waals surface area contributed by atoms with E-state index in [4.69, 9.17) is 23.2 Å². The maximum Gasteiger partial charge on any atom is 0.236 e. The molecule has 0 saturated heterocycles. The molecule has 0 bridgehead atoms. The third kappa shape index (κ3) is 4.43. The van der Waals surface area contributed by atoms with Crippen LogP contribution in [0, 0.1) is 0 Å². The summed E-state index contributed by atoms with van der Waals surface area (Å²) in [5, 5.41) is -0.508. The molecule has 1 aliphatic rings. The van der Waals surface area contributed by atoms with Crippen LogP contribution in [0.2, 0.25) is 0 Å². The molecule has 2 nitrogen and oxygen atoms in total. The molecule has 114 valence electrons. The lowest BCUT2D eigenvalue weighted by Gasteiger charge is -2.25. The van der Waals surface area contributed by atoms with Gasteiger partial charge in [0.15, 0.2) is 0 Å². The first-order valence-corrected chi connectivity index (χ1v) is 7.91. The van der Waals surface area contributed by atoms with E-state index in [9.17, 15) is 9.59 Å². The van der Waals surface area contributed by atoms with E-state index in [1.807, 2.05) is 24.3 Å². The van der Waals surface area contributed by atoms with Crippen LogP contribution in [-0.4, -0.2) is 16.9 Å². The van der Waals surface area contributed by atoms with E-state index in [2.05, 4.69) is 30.3 Å². The fourth-order valence-corrected chi connectivity index (χ4v) is 2.64. The molecule has 0 saturated carbocycles. The summed E-state index contributed by atoms with van der Waals surface area (Å²) in [6, 6.07) is 18.6. The monoisotopic (exact) mass is 334 g/mol. The fourth-order valence-electron chi connectivity index (χ4n) is 2.64. The molecule has 0 aromatic heterocycles. The van der Waals surface area contributed by atoms with Crippen molar-refractivity contribution in [1.82, 2.24) is 0 Å². The van der Waals surface area contributed by atoms with Gasteiger partial charge in [-0.15, -0.1) is 11.6 Å². The van der Waals surface area contributed by atoms with Crippen LogP contribution in [0.1, 0.15) is 29.0 Å². The highest BCUT2D eigenvalue weighted by molar-refractivity contribution is 6.67. The van der Waals surface area contributed by atoms with Gasteiger partial charge in [0.2, 0.25) is 5.24 Å². The minimum absolute atomic E-state index is 0.0957. The molecule has 2 aromatic rings. The summed E-state index contributed by atoms with van der Waals surface area (Å²) >= 11 is 9.55. The molecule has 0 spiro atoms. The van der Waals surface area contributed by atoms with Crippen molar-refractivity contribution < 1.29 is 9.59 Å². The molecule has 4 heteroatoms. The molecule has 1 aliphatic carbocycles. The zero-order valence-electron chi connectivity index (χ0n) is 12.0. The van der Waals surface area contributed by atoms with Crippen molar-refractivity contribution in [3.05, 3.63) is 71.3 Å². The molecule has 0 heterocycles. The average Bonchev–Trinajstić information content (AvgIpc) is 2.55. The third-order valence-electron chi connectivity index (χ3n) is 3.56. The molecule has 0 radical (unpaired) electrons. The summed E-state index contributed by atoms with van der Waals surface area (Å²) in [5.74, 6) is 0.493. The van der Waals surface area contributed by atoms with E-state index in [0.29, 0.717) is 18.6 Å². The van der Waals surface area contributed by atoms with Crippen LogP contribution in [0.3, 0.4) is 0 Å². The number of fused-ring (bicyclic) bond motifs is 1. The molecule has 1 unspecified atom stereocenters. The molecule has 0 aliphatic heterocycles. The molecule has 3 rings (SSSR count). The SMILES string of the molecule is O=C(Cl)CCl.O=C1Cc2ccccc2C(c2ccccc2)C1. The number of benzene rings is 2. The van der Waals surface area contributed by atoms with E-state index in [0.717, 1.165) is 0 Å². The van der Waals surface area contributed by atoms with Crippen molar-refractivity contribution in [2.24, 2.45) is 0 Å². The maximum atomic E-state index is 11.8. The smallest absolute Gasteiger partial charge is 0.236 e. The maximum absolute atomic E-state index is 11.8. The second-order valence-electron chi connectivity index (χ2n) is 5.07. The van der Waals surface area contributed by atoms with Gasteiger partial charge in [0.25, 0.3) is 0 Å². The van der Waals surface area contributed by atoms with Crippen LogP contribution in [0.4, 0.5) is 0 Å². The first-order valence-electron chi connectivity index (χ1n) is 7.00. The number of Topliss-reactive ketones (excluding diaryl/α,β-unsaturated/α-hetero) is 1. The normalized spacial score (nSPS) is 16.3. The van der Waals surface area contributed by atoms with Gasteiger partial charge >= 0.3 is 0 Å². The van der Waals surface area contributed by atoms with Crippen molar-refractivity contribution >= 4 is 34.2 Å². The van der Waals surface area contributed by atoms with Gasteiger partial charge < -0.3 is 0 Å². The molecule has 0 N–H and O–H groups in total. The summed E-state index contributed by atoms with van der Waals surface area (Å²) in [4.78, 5) is 21.3. The second-order valence-corrected chi connectivity index (χ2v) is 5.76. The van der Waals surface area contributed by atoms with Crippen LogP contribution < -0.4 is 0 Å². The molecule has 0 amide bonds. The van der Waals surface area contributed by atoms with Gasteiger partial charge in [0.05, 0.1) is 5.88 Å². The highest BCUT2D eigenvalue weighted by atomic mass is 35.5. The molecular weight excluding hydrogens is 319 g/mol.